The van der Waals surface area contributed by atoms with E-state index in [9.17, 15) is 0 Å². The number of ether oxygens (including phenoxy) is 1. The summed E-state index contributed by atoms with van der Waals surface area (Å²) in [6, 6.07) is 0.595. The Morgan fingerprint density at radius 1 is 1.31 bits per heavy atom. The van der Waals surface area contributed by atoms with Crippen LogP contribution in [-0.2, 0) is 4.74 Å². The van der Waals surface area contributed by atoms with Crippen LogP contribution in [0.5, 0.6) is 0 Å². The van der Waals surface area contributed by atoms with E-state index in [4.69, 9.17) is 4.74 Å². The van der Waals surface area contributed by atoms with E-state index in [0.29, 0.717) is 6.04 Å². The van der Waals surface area contributed by atoms with E-state index < -0.39 is 0 Å². The van der Waals surface area contributed by atoms with Crippen molar-refractivity contribution in [1.29, 1.82) is 0 Å². The summed E-state index contributed by atoms with van der Waals surface area (Å²) in [7, 11) is 0. The van der Waals surface area contributed by atoms with Gasteiger partial charge in [-0.3, -0.25) is 0 Å². The zero-order chi connectivity index (χ0) is 11.4. The molecule has 0 aromatic heterocycles. The predicted molar refractivity (Wildman–Crippen MR) is 71.1 cm³/mol. The molecule has 1 atom stereocenters. The highest BCUT2D eigenvalue weighted by molar-refractivity contribution is 7.99. The summed E-state index contributed by atoms with van der Waals surface area (Å²) in [4.78, 5) is 0. The van der Waals surface area contributed by atoms with Crippen LogP contribution in [0.4, 0.5) is 0 Å². The van der Waals surface area contributed by atoms with Crippen molar-refractivity contribution in [2.24, 2.45) is 5.92 Å². The minimum atomic E-state index is 0.167. The molecule has 2 rings (SSSR count). The molecule has 0 aromatic carbocycles. The van der Waals surface area contributed by atoms with Crippen LogP contribution < -0.4 is 5.32 Å². The molecule has 2 aliphatic heterocycles. The first-order chi connectivity index (χ1) is 7.82. The largest absolute Gasteiger partial charge is 0.372 e. The molecule has 0 aliphatic carbocycles. The van der Waals surface area contributed by atoms with Gasteiger partial charge in [-0.05, 0) is 30.3 Å². The highest BCUT2D eigenvalue weighted by atomic mass is 32.2. The number of rotatable bonds is 3. The molecule has 2 aliphatic rings. The molecule has 0 saturated carbocycles. The highest BCUT2D eigenvalue weighted by Crippen LogP contribution is 2.38. The van der Waals surface area contributed by atoms with Gasteiger partial charge in [-0.15, -0.1) is 0 Å². The SMILES string of the molecule is CCC(CC)C1NCCOC12CCSCC2. The fourth-order valence-electron chi connectivity index (χ4n) is 3.27. The van der Waals surface area contributed by atoms with Gasteiger partial charge in [0.2, 0.25) is 0 Å². The number of thioether (sulfide) groups is 1. The maximum absolute atomic E-state index is 6.23. The summed E-state index contributed by atoms with van der Waals surface area (Å²) in [6.07, 6.45) is 5.02. The quantitative estimate of drug-likeness (QED) is 0.823. The first-order valence-corrected chi connectivity index (χ1v) is 7.93. The van der Waals surface area contributed by atoms with Gasteiger partial charge < -0.3 is 10.1 Å². The summed E-state index contributed by atoms with van der Waals surface area (Å²) in [6.45, 7) is 6.57. The Bertz CT molecular complexity index is 204. The maximum atomic E-state index is 6.23. The van der Waals surface area contributed by atoms with Crippen LogP contribution in [0, 0.1) is 5.92 Å². The molecule has 1 N–H and O–H groups in total. The molecule has 2 saturated heterocycles. The van der Waals surface area contributed by atoms with Gasteiger partial charge in [-0.25, -0.2) is 0 Å². The second-order valence-electron chi connectivity index (χ2n) is 5.03. The monoisotopic (exact) mass is 243 g/mol. The van der Waals surface area contributed by atoms with Crippen LogP contribution in [-0.4, -0.2) is 36.3 Å². The third-order valence-corrected chi connectivity index (χ3v) is 5.27. The second kappa shape index (κ2) is 5.74. The summed E-state index contributed by atoms with van der Waals surface area (Å²) >= 11 is 2.08. The normalized spacial score (nSPS) is 29.8. The molecular weight excluding hydrogens is 218 g/mol. The van der Waals surface area contributed by atoms with Crippen LogP contribution in [0.15, 0.2) is 0 Å². The Morgan fingerprint density at radius 3 is 2.62 bits per heavy atom. The summed E-state index contributed by atoms with van der Waals surface area (Å²) in [5, 5.41) is 3.75. The van der Waals surface area contributed by atoms with E-state index in [1.165, 1.54) is 37.2 Å². The van der Waals surface area contributed by atoms with Crippen molar-refractivity contribution >= 4 is 11.8 Å². The Labute approximate surface area is 104 Å². The fraction of sp³-hybridized carbons (Fsp3) is 1.00. The first-order valence-electron chi connectivity index (χ1n) is 6.77. The van der Waals surface area contributed by atoms with E-state index in [1.807, 2.05) is 0 Å². The summed E-state index contributed by atoms with van der Waals surface area (Å²) < 4.78 is 6.23. The molecule has 1 spiro atoms. The lowest BCUT2D eigenvalue weighted by atomic mass is 9.77. The maximum Gasteiger partial charge on any atom is 0.0853 e. The first kappa shape index (κ1) is 12.7. The number of morpholine rings is 1. The van der Waals surface area contributed by atoms with Gasteiger partial charge in [0, 0.05) is 12.6 Å². The molecule has 0 amide bonds. The van der Waals surface area contributed by atoms with E-state index in [0.717, 1.165) is 19.1 Å². The lowest BCUT2D eigenvalue weighted by Gasteiger charge is -2.49. The number of nitrogens with one attached hydrogen (secondary N) is 1. The third kappa shape index (κ3) is 2.41. The molecule has 0 bridgehead atoms. The van der Waals surface area contributed by atoms with Gasteiger partial charge >= 0.3 is 0 Å². The molecule has 2 fully saturated rings. The highest BCUT2D eigenvalue weighted by Gasteiger charge is 2.45. The van der Waals surface area contributed by atoms with Crippen molar-refractivity contribution in [3.05, 3.63) is 0 Å². The zero-order valence-corrected chi connectivity index (χ0v) is 11.4. The smallest absolute Gasteiger partial charge is 0.0853 e. The Morgan fingerprint density at radius 2 is 2.00 bits per heavy atom. The number of hydrogen-bond donors (Lipinski definition) is 1. The van der Waals surface area contributed by atoms with Gasteiger partial charge in [0.05, 0.1) is 12.2 Å². The number of hydrogen-bond acceptors (Lipinski definition) is 3. The van der Waals surface area contributed by atoms with Crippen LogP contribution in [0.2, 0.25) is 0 Å². The van der Waals surface area contributed by atoms with Crippen molar-refractivity contribution in [1.82, 2.24) is 5.32 Å². The molecule has 1 unspecified atom stereocenters. The lowest BCUT2D eigenvalue weighted by Crippen LogP contribution is -2.62. The Balaban J connectivity index is 2.11. The van der Waals surface area contributed by atoms with Crippen LogP contribution in [0.3, 0.4) is 0 Å². The molecule has 2 heterocycles. The molecule has 16 heavy (non-hydrogen) atoms. The lowest BCUT2D eigenvalue weighted by molar-refractivity contribution is -0.116. The van der Waals surface area contributed by atoms with Gasteiger partial charge in [0.1, 0.15) is 0 Å². The minimum absolute atomic E-state index is 0.167. The molecular formula is C13H25NOS. The predicted octanol–water partition coefficient (Wildman–Crippen LogP) is 2.68. The van der Waals surface area contributed by atoms with E-state index in [-0.39, 0.29) is 5.60 Å². The van der Waals surface area contributed by atoms with Gasteiger partial charge in [-0.1, -0.05) is 26.7 Å². The van der Waals surface area contributed by atoms with Crippen molar-refractivity contribution in [2.75, 3.05) is 24.7 Å². The molecule has 0 radical (unpaired) electrons. The van der Waals surface area contributed by atoms with Crippen molar-refractivity contribution in [3.63, 3.8) is 0 Å². The fourth-order valence-corrected chi connectivity index (χ4v) is 4.46. The average molecular weight is 243 g/mol. The Hall–Kier alpha value is 0.270. The minimum Gasteiger partial charge on any atom is -0.372 e. The molecule has 94 valence electrons. The van der Waals surface area contributed by atoms with Crippen LogP contribution >= 0.6 is 11.8 Å². The Kier molecular flexibility index (Phi) is 4.57. The van der Waals surface area contributed by atoms with Crippen LogP contribution in [0.1, 0.15) is 39.5 Å². The second-order valence-corrected chi connectivity index (χ2v) is 6.26. The van der Waals surface area contributed by atoms with Gasteiger partial charge in [0.25, 0.3) is 0 Å². The third-order valence-electron chi connectivity index (χ3n) is 4.28. The van der Waals surface area contributed by atoms with E-state index in [2.05, 4.69) is 30.9 Å². The van der Waals surface area contributed by atoms with E-state index >= 15 is 0 Å². The van der Waals surface area contributed by atoms with Crippen molar-refractivity contribution in [3.8, 4) is 0 Å². The molecule has 2 nitrogen and oxygen atoms in total. The summed E-state index contributed by atoms with van der Waals surface area (Å²) in [5.74, 6) is 3.33. The zero-order valence-electron chi connectivity index (χ0n) is 10.6. The summed E-state index contributed by atoms with van der Waals surface area (Å²) in [5.41, 5.74) is 0.167. The standard InChI is InChI=1S/C13H25NOS/c1-3-11(4-2)12-13(15-8-7-14-12)5-9-16-10-6-13/h11-12,14H,3-10H2,1-2H3. The van der Waals surface area contributed by atoms with Crippen LogP contribution in [0.25, 0.3) is 0 Å². The average Bonchev–Trinajstić information content (AvgIpc) is 2.34. The molecule has 0 aromatic rings. The molecule has 3 heteroatoms. The van der Waals surface area contributed by atoms with E-state index in [1.54, 1.807) is 0 Å². The van der Waals surface area contributed by atoms with Gasteiger partial charge in [-0.2, -0.15) is 11.8 Å². The van der Waals surface area contributed by atoms with Crippen molar-refractivity contribution < 1.29 is 4.74 Å². The topological polar surface area (TPSA) is 21.3 Å². The van der Waals surface area contributed by atoms with Crippen molar-refractivity contribution in [2.45, 2.75) is 51.2 Å². The van der Waals surface area contributed by atoms with Gasteiger partial charge in [0.15, 0.2) is 0 Å².